The summed E-state index contributed by atoms with van der Waals surface area (Å²) in [5, 5.41) is 9.19. The number of nitrogens with zero attached hydrogens (tertiary/aromatic N) is 2. The quantitative estimate of drug-likeness (QED) is 0.788. The van der Waals surface area contributed by atoms with Crippen LogP contribution in [0.2, 0.25) is 0 Å². The van der Waals surface area contributed by atoms with E-state index in [9.17, 15) is 5.26 Å². The molecule has 0 spiro atoms. The monoisotopic (exact) mass is 242 g/mol. The lowest BCUT2D eigenvalue weighted by molar-refractivity contribution is 0.264. The first-order chi connectivity index (χ1) is 8.61. The predicted octanol–water partition coefficient (Wildman–Crippen LogP) is 3.82. The molecule has 0 radical (unpaired) electrons. The van der Waals surface area contributed by atoms with Crippen LogP contribution in [0.3, 0.4) is 0 Å². The Morgan fingerprint density at radius 1 is 1.11 bits per heavy atom. The summed E-state index contributed by atoms with van der Waals surface area (Å²) in [5.41, 5.74) is 1.86. The molecule has 1 aliphatic rings. The smallest absolute Gasteiger partial charge is 0.101 e. The molecule has 1 aliphatic carbocycles. The minimum absolute atomic E-state index is 0.568. The van der Waals surface area contributed by atoms with E-state index in [1.165, 1.54) is 19.3 Å². The maximum Gasteiger partial charge on any atom is 0.101 e. The number of benzene rings is 1. The molecule has 1 aromatic carbocycles. The van der Waals surface area contributed by atoms with Crippen LogP contribution in [-0.4, -0.2) is 13.1 Å². The van der Waals surface area contributed by atoms with Crippen molar-refractivity contribution in [1.29, 1.82) is 5.26 Å². The van der Waals surface area contributed by atoms with Gasteiger partial charge in [-0.15, -0.1) is 0 Å². The number of hydrogen-bond acceptors (Lipinski definition) is 2. The molecule has 2 heteroatoms. The summed E-state index contributed by atoms with van der Waals surface area (Å²) in [6, 6.07) is 10.8. The van der Waals surface area contributed by atoms with Gasteiger partial charge in [-0.3, -0.25) is 0 Å². The van der Waals surface area contributed by atoms with E-state index in [0.29, 0.717) is 6.04 Å². The molecule has 0 aromatic heterocycles. The van der Waals surface area contributed by atoms with Crippen molar-refractivity contribution in [2.45, 2.75) is 39.2 Å². The van der Waals surface area contributed by atoms with Crippen LogP contribution in [0.5, 0.6) is 0 Å². The Bertz CT molecular complexity index is 437. The van der Waals surface area contributed by atoms with Gasteiger partial charge in [0.15, 0.2) is 0 Å². The number of rotatable bonds is 2. The summed E-state index contributed by atoms with van der Waals surface area (Å²) in [6.07, 6.45) is 3.81. The summed E-state index contributed by atoms with van der Waals surface area (Å²) < 4.78 is 0. The Kier molecular flexibility index (Phi) is 3.91. The third-order valence-electron chi connectivity index (χ3n) is 4.11. The molecule has 96 valence electrons. The Hall–Kier alpha value is -1.49. The second-order valence-corrected chi connectivity index (χ2v) is 5.81. The molecule has 2 unspecified atom stereocenters. The van der Waals surface area contributed by atoms with Gasteiger partial charge >= 0.3 is 0 Å². The Labute approximate surface area is 110 Å². The van der Waals surface area contributed by atoms with E-state index in [2.05, 4.69) is 37.9 Å². The summed E-state index contributed by atoms with van der Waals surface area (Å²) in [7, 11) is 2.13. The molecule has 0 saturated heterocycles. The maximum absolute atomic E-state index is 9.19. The van der Waals surface area contributed by atoms with Crippen LogP contribution in [0.15, 0.2) is 24.3 Å². The lowest BCUT2D eigenvalue weighted by atomic mass is 9.80. The molecular formula is C16H22N2. The van der Waals surface area contributed by atoms with Gasteiger partial charge in [-0.05, 0) is 43.2 Å². The van der Waals surface area contributed by atoms with Crippen LogP contribution >= 0.6 is 0 Å². The first kappa shape index (κ1) is 13.0. The lowest BCUT2D eigenvalue weighted by Crippen LogP contribution is -2.38. The average Bonchev–Trinajstić information content (AvgIpc) is 2.36. The van der Waals surface area contributed by atoms with Crippen molar-refractivity contribution in [3.63, 3.8) is 0 Å². The first-order valence-corrected chi connectivity index (χ1v) is 6.83. The highest BCUT2D eigenvalue weighted by molar-refractivity contribution is 5.59. The van der Waals surface area contributed by atoms with Gasteiger partial charge < -0.3 is 4.90 Å². The first-order valence-electron chi connectivity index (χ1n) is 6.83. The van der Waals surface area contributed by atoms with E-state index < -0.39 is 0 Å². The van der Waals surface area contributed by atoms with Crippen LogP contribution in [-0.2, 0) is 0 Å². The molecule has 1 aromatic rings. The third kappa shape index (κ3) is 2.67. The van der Waals surface area contributed by atoms with Crippen molar-refractivity contribution in [3.05, 3.63) is 29.8 Å². The number of hydrogen-bond donors (Lipinski definition) is 0. The van der Waals surface area contributed by atoms with Gasteiger partial charge in [0.1, 0.15) is 6.07 Å². The van der Waals surface area contributed by atoms with Crippen molar-refractivity contribution in [3.8, 4) is 6.07 Å². The number of para-hydroxylation sites is 1. The van der Waals surface area contributed by atoms with Gasteiger partial charge in [-0.25, -0.2) is 0 Å². The van der Waals surface area contributed by atoms with Gasteiger partial charge in [-0.2, -0.15) is 5.26 Å². The Balaban J connectivity index is 2.20. The van der Waals surface area contributed by atoms with Gasteiger partial charge in [0.05, 0.1) is 11.3 Å². The minimum atomic E-state index is 0.568. The van der Waals surface area contributed by atoms with Crippen LogP contribution in [0.4, 0.5) is 5.69 Å². The van der Waals surface area contributed by atoms with Gasteiger partial charge in [0.2, 0.25) is 0 Å². The second kappa shape index (κ2) is 5.44. The molecule has 1 saturated carbocycles. The van der Waals surface area contributed by atoms with Crippen LogP contribution < -0.4 is 4.90 Å². The SMILES string of the molecule is CC1CC(C)CC(N(C)c2ccccc2C#N)C1. The zero-order chi connectivity index (χ0) is 13.1. The van der Waals surface area contributed by atoms with Crippen LogP contribution in [0.1, 0.15) is 38.7 Å². The topological polar surface area (TPSA) is 27.0 Å². The Morgan fingerprint density at radius 3 is 2.33 bits per heavy atom. The van der Waals surface area contributed by atoms with Crippen molar-refractivity contribution in [2.75, 3.05) is 11.9 Å². The van der Waals surface area contributed by atoms with E-state index >= 15 is 0 Å². The summed E-state index contributed by atoms with van der Waals surface area (Å²) in [4.78, 5) is 2.31. The summed E-state index contributed by atoms with van der Waals surface area (Å²) in [6.45, 7) is 4.68. The normalized spacial score (nSPS) is 27.6. The predicted molar refractivity (Wildman–Crippen MR) is 75.5 cm³/mol. The molecule has 2 rings (SSSR count). The zero-order valence-electron chi connectivity index (χ0n) is 11.6. The highest BCUT2D eigenvalue weighted by Gasteiger charge is 2.27. The fourth-order valence-corrected chi connectivity index (χ4v) is 3.29. The highest BCUT2D eigenvalue weighted by atomic mass is 15.1. The van der Waals surface area contributed by atoms with E-state index in [0.717, 1.165) is 23.1 Å². The molecule has 1 fully saturated rings. The fraction of sp³-hybridized carbons (Fsp3) is 0.562. The molecule has 18 heavy (non-hydrogen) atoms. The summed E-state index contributed by atoms with van der Waals surface area (Å²) >= 11 is 0. The zero-order valence-corrected chi connectivity index (χ0v) is 11.6. The van der Waals surface area contributed by atoms with E-state index in [1.54, 1.807) is 0 Å². The molecule has 0 amide bonds. The van der Waals surface area contributed by atoms with Crippen molar-refractivity contribution >= 4 is 5.69 Å². The maximum atomic E-state index is 9.19. The molecule has 0 bridgehead atoms. The molecular weight excluding hydrogens is 220 g/mol. The van der Waals surface area contributed by atoms with Gasteiger partial charge in [0, 0.05) is 13.1 Å². The van der Waals surface area contributed by atoms with Crippen LogP contribution in [0, 0.1) is 23.2 Å². The largest absolute Gasteiger partial charge is 0.371 e. The van der Waals surface area contributed by atoms with E-state index in [4.69, 9.17) is 0 Å². The third-order valence-corrected chi connectivity index (χ3v) is 4.11. The van der Waals surface area contributed by atoms with E-state index in [1.807, 2.05) is 18.2 Å². The van der Waals surface area contributed by atoms with Gasteiger partial charge in [-0.1, -0.05) is 26.0 Å². The second-order valence-electron chi connectivity index (χ2n) is 5.81. The number of anilines is 1. The molecule has 2 atom stereocenters. The standard InChI is InChI=1S/C16H22N2/c1-12-8-13(2)10-15(9-12)18(3)16-7-5-4-6-14(16)11-17/h4-7,12-13,15H,8-10H2,1-3H3. The van der Waals surface area contributed by atoms with Crippen molar-refractivity contribution in [1.82, 2.24) is 0 Å². The van der Waals surface area contributed by atoms with Crippen molar-refractivity contribution in [2.24, 2.45) is 11.8 Å². The number of nitriles is 1. The molecule has 0 heterocycles. The van der Waals surface area contributed by atoms with Crippen LogP contribution in [0.25, 0.3) is 0 Å². The highest BCUT2D eigenvalue weighted by Crippen LogP contribution is 2.33. The van der Waals surface area contributed by atoms with Crippen molar-refractivity contribution < 1.29 is 0 Å². The molecule has 2 nitrogen and oxygen atoms in total. The molecule has 0 aliphatic heterocycles. The minimum Gasteiger partial charge on any atom is -0.371 e. The van der Waals surface area contributed by atoms with E-state index in [-0.39, 0.29) is 0 Å². The average molecular weight is 242 g/mol. The lowest BCUT2D eigenvalue weighted by Gasteiger charge is -2.38. The molecule has 0 N–H and O–H groups in total. The van der Waals surface area contributed by atoms with Gasteiger partial charge in [0.25, 0.3) is 0 Å². The Morgan fingerprint density at radius 2 is 1.72 bits per heavy atom. The summed E-state index contributed by atoms with van der Waals surface area (Å²) in [5.74, 6) is 1.57. The fourth-order valence-electron chi connectivity index (χ4n) is 3.29.